The summed E-state index contributed by atoms with van der Waals surface area (Å²) in [4.78, 5) is 26.2. The van der Waals surface area contributed by atoms with Crippen LogP contribution in [0.1, 0.15) is 18.4 Å². The number of aliphatic hydroxyl groups is 1. The number of carbonyl (C=O) groups is 2. The molecule has 0 bridgehead atoms. The molecule has 1 aliphatic heterocycles. The summed E-state index contributed by atoms with van der Waals surface area (Å²) >= 11 is 0. The Bertz CT molecular complexity index is 535. The summed E-state index contributed by atoms with van der Waals surface area (Å²) in [6.07, 6.45) is 1.37. The van der Waals surface area contributed by atoms with Gasteiger partial charge in [0.15, 0.2) is 0 Å². The number of rotatable bonds is 7. The van der Waals surface area contributed by atoms with E-state index in [9.17, 15) is 14.7 Å². The van der Waals surface area contributed by atoms with Gasteiger partial charge in [0, 0.05) is 19.5 Å². The molecule has 0 radical (unpaired) electrons. The number of likely N-dealkylation sites (N-methyl/N-ethyl adjacent to an activating group) is 1. The van der Waals surface area contributed by atoms with E-state index >= 15 is 0 Å². The van der Waals surface area contributed by atoms with E-state index < -0.39 is 12.1 Å². The maximum atomic E-state index is 12.3. The van der Waals surface area contributed by atoms with E-state index in [-0.39, 0.29) is 25.0 Å². The normalized spacial score (nSPS) is 20.9. The van der Waals surface area contributed by atoms with E-state index in [2.05, 4.69) is 0 Å². The number of β-amino-alcohol motifs (C(OH)–C–C–N with tert-alkyl or cyclic N) is 1. The summed E-state index contributed by atoms with van der Waals surface area (Å²) < 4.78 is 0. The van der Waals surface area contributed by atoms with Crippen LogP contribution in [0.5, 0.6) is 0 Å². The number of hydrogen-bond donors (Lipinski definition) is 2. The van der Waals surface area contributed by atoms with Crippen LogP contribution in [-0.2, 0) is 16.0 Å². The van der Waals surface area contributed by atoms with Crippen LogP contribution in [0.25, 0.3) is 0 Å². The van der Waals surface area contributed by atoms with Gasteiger partial charge >= 0.3 is 5.97 Å². The van der Waals surface area contributed by atoms with Crippen molar-refractivity contribution in [2.45, 2.75) is 31.4 Å². The minimum atomic E-state index is -0.938. The molecule has 6 nitrogen and oxygen atoms in total. The Hall–Kier alpha value is -1.92. The number of carboxylic acids is 1. The molecule has 6 heteroatoms. The third kappa shape index (κ3) is 5.04. The average molecular weight is 320 g/mol. The second kappa shape index (κ2) is 8.08. The van der Waals surface area contributed by atoms with Crippen LogP contribution in [-0.4, -0.2) is 70.7 Å². The lowest BCUT2D eigenvalue weighted by atomic mass is 10.1. The molecule has 0 aromatic heterocycles. The number of nitrogens with zero attached hydrogens (tertiary/aromatic N) is 2. The van der Waals surface area contributed by atoms with Crippen molar-refractivity contribution < 1.29 is 19.8 Å². The molecule has 2 atom stereocenters. The van der Waals surface area contributed by atoms with Gasteiger partial charge in [0.2, 0.25) is 5.91 Å². The lowest BCUT2D eigenvalue weighted by Gasteiger charge is -2.24. The van der Waals surface area contributed by atoms with Crippen LogP contribution >= 0.6 is 0 Å². The topological polar surface area (TPSA) is 81.1 Å². The number of amides is 1. The fourth-order valence-corrected chi connectivity index (χ4v) is 2.98. The third-order valence-electron chi connectivity index (χ3n) is 4.26. The van der Waals surface area contributed by atoms with Crippen LogP contribution in [0.4, 0.5) is 0 Å². The van der Waals surface area contributed by atoms with Crippen molar-refractivity contribution in [1.29, 1.82) is 0 Å². The molecular formula is C17H24N2O4. The third-order valence-corrected chi connectivity index (χ3v) is 4.26. The van der Waals surface area contributed by atoms with Gasteiger partial charge in [-0.1, -0.05) is 30.3 Å². The monoisotopic (exact) mass is 320 g/mol. The second-order valence-corrected chi connectivity index (χ2v) is 6.08. The van der Waals surface area contributed by atoms with Crippen LogP contribution in [0.2, 0.25) is 0 Å². The molecule has 0 aliphatic carbocycles. The quantitative estimate of drug-likeness (QED) is 0.769. The van der Waals surface area contributed by atoms with Gasteiger partial charge in [-0.3, -0.25) is 14.5 Å². The minimum absolute atomic E-state index is 0.0196. The molecule has 1 saturated heterocycles. The zero-order chi connectivity index (χ0) is 16.8. The van der Waals surface area contributed by atoms with Gasteiger partial charge in [-0.25, -0.2) is 0 Å². The van der Waals surface area contributed by atoms with E-state index in [0.29, 0.717) is 13.0 Å². The molecule has 0 saturated carbocycles. The fourth-order valence-electron chi connectivity index (χ4n) is 2.98. The molecular weight excluding hydrogens is 296 g/mol. The van der Waals surface area contributed by atoms with Crippen molar-refractivity contribution in [2.75, 3.05) is 26.7 Å². The zero-order valence-electron chi connectivity index (χ0n) is 13.4. The molecule has 1 amide bonds. The average Bonchev–Trinajstić information content (AvgIpc) is 2.90. The molecule has 2 N–H and O–H groups in total. The van der Waals surface area contributed by atoms with Crippen molar-refractivity contribution in [3.63, 3.8) is 0 Å². The Morgan fingerprint density at radius 1 is 1.26 bits per heavy atom. The predicted molar refractivity (Wildman–Crippen MR) is 86.0 cm³/mol. The van der Waals surface area contributed by atoms with Crippen LogP contribution in [0.15, 0.2) is 30.3 Å². The Morgan fingerprint density at radius 2 is 1.96 bits per heavy atom. The highest BCUT2D eigenvalue weighted by Gasteiger charge is 2.36. The maximum Gasteiger partial charge on any atom is 0.317 e. The zero-order valence-corrected chi connectivity index (χ0v) is 13.4. The first-order valence-corrected chi connectivity index (χ1v) is 7.89. The summed E-state index contributed by atoms with van der Waals surface area (Å²) in [5.41, 5.74) is 1.21. The summed E-state index contributed by atoms with van der Waals surface area (Å²) in [6, 6.07) is 9.70. The van der Waals surface area contributed by atoms with E-state index in [1.54, 1.807) is 16.8 Å². The largest absolute Gasteiger partial charge is 0.480 e. The highest BCUT2D eigenvalue weighted by atomic mass is 16.4. The first-order chi connectivity index (χ1) is 11.0. The molecule has 0 spiro atoms. The number of aryl methyl sites for hydroxylation is 1. The number of aliphatic hydroxyl groups excluding tert-OH is 1. The predicted octanol–water partition coefficient (Wildman–Crippen LogP) is 0.597. The summed E-state index contributed by atoms with van der Waals surface area (Å²) in [7, 11) is 1.66. The summed E-state index contributed by atoms with van der Waals surface area (Å²) in [5, 5.41) is 18.9. The Kier molecular flexibility index (Phi) is 6.12. The van der Waals surface area contributed by atoms with E-state index in [1.807, 2.05) is 30.3 Å². The summed E-state index contributed by atoms with van der Waals surface area (Å²) in [5.74, 6) is -0.918. The maximum absolute atomic E-state index is 12.3. The van der Waals surface area contributed by atoms with E-state index in [0.717, 1.165) is 12.8 Å². The number of aliphatic carboxylic acids is 1. The van der Waals surface area contributed by atoms with Crippen molar-refractivity contribution in [3.05, 3.63) is 35.9 Å². The second-order valence-electron chi connectivity index (χ2n) is 6.08. The number of carboxylic acid groups (broad SMARTS) is 1. The van der Waals surface area contributed by atoms with Gasteiger partial charge in [-0.05, 0) is 25.5 Å². The molecule has 1 aromatic rings. The minimum Gasteiger partial charge on any atom is -0.480 e. The van der Waals surface area contributed by atoms with Gasteiger partial charge in [-0.15, -0.1) is 0 Å². The molecule has 23 heavy (non-hydrogen) atoms. The van der Waals surface area contributed by atoms with Crippen LogP contribution in [0.3, 0.4) is 0 Å². The molecule has 1 fully saturated rings. The smallest absolute Gasteiger partial charge is 0.317 e. The number of carbonyl (C=O) groups excluding carboxylic acids is 1. The first kappa shape index (κ1) is 17.4. The van der Waals surface area contributed by atoms with Crippen molar-refractivity contribution in [1.82, 2.24) is 9.80 Å². The van der Waals surface area contributed by atoms with Crippen LogP contribution < -0.4 is 0 Å². The van der Waals surface area contributed by atoms with Gasteiger partial charge in [0.1, 0.15) is 0 Å². The van der Waals surface area contributed by atoms with Crippen molar-refractivity contribution in [3.8, 4) is 0 Å². The molecule has 126 valence electrons. The number of hydrogen-bond acceptors (Lipinski definition) is 4. The fraction of sp³-hybridized carbons (Fsp3) is 0.529. The lowest BCUT2D eigenvalue weighted by Crippen LogP contribution is -2.43. The SMILES string of the molecule is CN(CC(=O)O)[C@@H]1CN(C(=O)CCCc2ccccc2)C[C@H]1O. The van der Waals surface area contributed by atoms with Gasteiger partial charge in [0.05, 0.1) is 18.7 Å². The number of likely N-dealkylation sites (tertiary alicyclic amines) is 1. The highest BCUT2D eigenvalue weighted by molar-refractivity contribution is 5.76. The molecule has 1 aromatic carbocycles. The lowest BCUT2D eigenvalue weighted by molar-refractivity contribution is -0.138. The van der Waals surface area contributed by atoms with E-state index in [4.69, 9.17) is 5.11 Å². The standard InChI is InChI=1S/C17H24N2O4/c1-18(12-17(22)23)14-10-19(11-15(14)20)16(21)9-5-8-13-6-3-2-4-7-13/h2-4,6-7,14-15,20H,5,8-12H2,1H3,(H,22,23)/t14-,15-/m1/s1. The molecule has 1 heterocycles. The van der Waals surface area contributed by atoms with Crippen LogP contribution in [0, 0.1) is 0 Å². The Morgan fingerprint density at radius 3 is 2.61 bits per heavy atom. The molecule has 1 aliphatic rings. The van der Waals surface area contributed by atoms with Gasteiger partial charge < -0.3 is 15.1 Å². The van der Waals surface area contributed by atoms with Gasteiger partial charge in [-0.2, -0.15) is 0 Å². The van der Waals surface area contributed by atoms with Crippen molar-refractivity contribution >= 4 is 11.9 Å². The Labute approximate surface area is 136 Å². The molecule has 2 rings (SSSR count). The first-order valence-electron chi connectivity index (χ1n) is 7.89. The van der Waals surface area contributed by atoms with E-state index in [1.165, 1.54) is 5.56 Å². The Balaban J connectivity index is 1.78. The van der Waals surface area contributed by atoms with Crippen molar-refractivity contribution in [2.24, 2.45) is 0 Å². The highest BCUT2D eigenvalue weighted by Crippen LogP contribution is 2.17. The van der Waals surface area contributed by atoms with Gasteiger partial charge in [0.25, 0.3) is 0 Å². The molecule has 0 unspecified atom stereocenters. The summed E-state index contributed by atoms with van der Waals surface area (Å²) in [6.45, 7) is 0.520. The number of benzene rings is 1.